The molecule has 192 valence electrons. The highest BCUT2D eigenvalue weighted by Gasteiger charge is 2.49. The van der Waals surface area contributed by atoms with Gasteiger partial charge in [0.15, 0.2) is 17.3 Å². The third kappa shape index (κ3) is 4.36. The minimum atomic E-state index is -1.11. The normalized spacial score (nSPS) is 19.2. The van der Waals surface area contributed by atoms with Crippen molar-refractivity contribution in [2.45, 2.75) is 44.2 Å². The summed E-state index contributed by atoms with van der Waals surface area (Å²) in [5.41, 5.74) is -0.220. The van der Waals surface area contributed by atoms with Gasteiger partial charge in [0.1, 0.15) is 0 Å². The van der Waals surface area contributed by atoms with Gasteiger partial charge in [-0.2, -0.15) is 5.10 Å². The van der Waals surface area contributed by atoms with Gasteiger partial charge in [-0.3, -0.25) is 9.59 Å². The number of rotatable bonds is 6. The summed E-state index contributed by atoms with van der Waals surface area (Å²) in [6, 6.07) is 11.8. The lowest BCUT2D eigenvalue weighted by atomic mass is 9.79. The van der Waals surface area contributed by atoms with E-state index in [2.05, 4.69) is 5.10 Å². The Balaban J connectivity index is 1.73. The van der Waals surface area contributed by atoms with Gasteiger partial charge in [0.05, 0.1) is 24.9 Å². The predicted molar refractivity (Wildman–Crippen MR) is 129 cm³/mol. The van der Waals surface area contributed by atoms with Crippen LogP contribution in [0, 0.1) is 11.6 Å². The maximum absolute atomic E-state index is 15.3. The van der Waals surface area contributed by atoms with E-state index in [4.69, 9.17) is 9.47 Å². The van der Waals surface area contributed by atoms with Crippen molar-refractivity contribution in [2.75, 3.05) is 13.2 Å². The quantitative estimate of drug-likeness (QED) is 0.457. The second-order valence-corrected chi connectivity index (χ2v) is 9.06. The Kier molecular flexibility index (Phi) is 6.73. The van der Waals surface area contributed by atoms with Crippen LogP contribution in [0.5, 0.6) is 5.75 Å². The van der Waals surface area contributed by atoms with E-state index in [1.165, 1.54) is 16.8 Å². The van der Waals surface area contributed by atoms with Gasteiger partial charge >= 0.3 is 6.16 Å². The Morgan fingerprint density at radius 2 is 1.92 bits per heavy atom. The standard InChI is InChI=1S/C27H25F2N3O5/c1-2-14-36-27(35)37-25-20(33)15-30-32-23(19-12-7-13-31(19)26(34)24(25)32)21(16-8-4-3-5-9-16)17-10-6-11-18(28)22(17)29/h3-6,8-11,15,19,21,23H,2,7,12-14H2,1H3/t19-,21-,23-/m1/s1. The molecule has 1 amide bonds. The fourth-order valence-electron chi connectivity index (χ4n) is 5.31. The highest BCUT2D eigenvalue weighted by Crippen LogP contribution is 2.46. The number of amides is 1. The Morgan fingerprint density at radius 1 is 1.14 bits per heavy atom. The molecule has 0 radical (unpaired) electrons. The van der Waals surface area contributed by atoms with Gasteiger partial charge in [-0.15, -0.1) is 0 Å². The van der Waals surface area contributed by atoms with Crippen LogP contribution in [-0.2, 0) is 4.74 Å². The molecule has 2 aliphatic heterocycles. The summed E-state index contributed by atoms with van der Waals surface area (Å²) in [6.45, 7) is 2.27. The van der Waals surface area contributed by atoms with Crippen molar-refractivity contribution in [3.63, 3.8) is 0 Å². The molecule has 0 saturated carbocycles. The molecule has 8 nitrogen and oxygen atoms in total. The van der Waals surface area contributed by atoms with Gasteiger partial charge in [-0.05, 0) is 30.9 Å². The van der Waals surface area contributed by atoms with Crippen molar-refractivity contribution >= 4 is 12.1 Å². The van der Waals surface area contributed by atoms with Crippen LogP contribution >= 0.6 is 0 Å². The number of nitrogens with zero attached hydrogens (tertiary/aromatic N) is 3. The van der Waals surface area contributed by atoms with Crippen LogP contribution in [0.1, 0.15) is 59.8 Å². The third-order valence-electron chi connectivity index (χ3n) is 6.83. The molecule has 0 N–H and O–H groups in total. The Bertz CT molecular complexity index is 1390. The van der Waals surface area contributed by atoms with Gasteiger partial charge in [0.2, 0.25) is 11.2 Å². The van der Waals surface area contributed by atoms with E-state index in [1.807, 2.05) is 6.07 Å². The first-order valence-corrected chi connectivity index (χ1v) is 12.2. The summed E-state index contributed by atoms with van der Waals surface area (Å²) in [6.07, 6.45) is 1.65. The minimum absolute atomic E-state index is 0.0765. The topological polar surface area (TPSA) is 90.7 Å². The molecule has 0 unspecified atom stereocenters. The van der Waals surface area contributed by atoms with E-state index < -0.39 is 52.9 Å². The Hall–Kier alpha value is -4.08. The lowest BCUT2D eigenvalue weighted by Gasteiger charge is -2.42. The molecular weight excluding hydrogens is 484 g/mol. The first kappa shape index (κ1) is 24.6. The van der Waals surface area contributed by atoms with E-state index in [1.54, 1.807) is 36.1 Å². The van der Waals surface area contributed by atoms with Gasteiger partial charge in [0.25, 0.3) is 5.91 Å². The SMILES string of the molecule is CCCOC(=O)Oc1c2n(ncc1=O)[C@@H]([C@H](c1ccccc1)c1cccc(F)c1F)[C@H]1CCCN1C2=O. The maximum Gasteiger partial charge on any atom is 0.514 e. The summed E-state index contributed by atoms with van der Waals surface area (Å²) in [4.78, 5) is 40.2. The van der Waals surface area contributed by atoms with Crippen LogP contribution in [0.3, 0.4) is 0 Å². The molecule has 0 aliphatic carbocycles. The third-order valence-corrected chi connectivity index (χ3v) is 6.83. The maximum atomic E-state index is 15.3. The number of hydrogen-bond donors (Lipinski definition) is 0. The highest BCUT2D eigenvalue weighted by molar-refractivity contribution is 5.97. The smallest absolute Gasteiger partial charge is 0.434 e. The second kappa shape index (κ2) is 10.1. The average molecular weight is 510 g/mol. The van der Waals surface area contributed by atoms with Crippen molar-refractivity contribution in [1.82, 2.24) is 14.7 Å². The minimum Gasteiger partial charge on any atom is -0.434 e. The zero-order valence-electron chi connectivity index (χ0n) is 20.1. The summed E-state index contributed by atoms with van der Waals surface area (Å²) in [5, 5.41) is 4.27. The number of hydrogen-bond acceptors (Lipinski definition) is 6. The number of halogens is 2. The molecular formula is C27H25F2N3O5. The zero-order chi connectivity index (χ0) is 26.1. The summed E-state index contributed by atoms with van der Waals surface area (Å²) in [5.74, 6) is -3.79. The number of aromatic nitrogens is 2. The van der Waals surface area contributed by atoms with Gasteiger partial charge in [-0.25, -0.2) is 18.3 Å². The summed E-state index contributed by atoms with van der Waals surface area (Å²) >= 11 is 0. The molecule has 1 fully saturated rings. The Labute approximate surface area is 211 Å². The van der Waals surface area contributed by atoms with Crippen LogP contribution in [0.2, 0.25) is 0 Å². The highest BCUT2D eigenvalue weighted by atomic mass is 19.2. The number of carbonyl (C=O) groups is 2. The van der Waals surface area contributed by atoms with Crippen molar-refractivity contribution in [2.24, 2.45) is 0 Å². The van der Waals surface area contributed by atoms with E-state index in [0.717, 1.165) is 12.3 Å². The van der Waals surface area contributed by atoms with Crippen molar-refractivity contribution in [3.8, 4) is 5.75 Å². The average Bonchev–Trinajstić information content (AvgIpc) is 3.39. The first-order chi connectivity index (χ1) is 17.9. The molecule has 10 heteroatoms. The molecule has 2 aromatic carbocycles. The zero-order valence-corrected chi connectivity index (χ0v) is 20.1. The van der Waals surface area contributed by atoms with Gasteiger partial charge in [0, 0.05) is 18.0 Å². The second-order valence-electron chi connectivity index (χ2n) is 9.06. The fourth-order valence-corrected chi connectivity index (χ4v) is 5.31. The van der Waals surface area contributed by atoms with Crippen LogP contribution < -0.4 is 10.2 Å². The lowest BCUT2D eigenvalue weighted by molar-refractivity contribution is 0.0556. The molecule has 0 bridgehead atoms. The molecule has 1 saturated heterocycles. The Morgan fingerprint density at radius 3 is 2.68 bits per heavy atom. The van der Waals surface area contributed by atoms with E-state index in [9.17, 15) is 18.8 Å². The molecule has 3 aromatic rings. The van der Waals surface area contributed by atoms with E-state index in [0.29, 0.717) is 31.4 Å². The first-order valence-electron chi connectivity index (χ1n) is 12.2. The van der Waals surface area contributed by atoms with Crippen molar-refractivity contribution < 1.29 is 27.8 Å². The largest absolute Gasteiger partial charge is 0.514 e. The fraction of sp³-hybridized carbons (Fsp3) is 0.333. The monoisotopic (exact) mass is 509 g/mol. The molecule has 3 heterocycles. The lowest BCUT2D eigenvalue weighted by Crippen LogP contribution is -2.51. The van der Waals surface area contributed by atoms with Crippen LogP contribution in [0.4, 0.5) is 13.6 Å². The number of fused-ring (bicyclic) bond motifs is 2. The predicted octanol–water partition coefficient (Wildman–Crippen LogP) is 4.44. The molecule has 0 spiro atoms. The van der Waals surface area contributed by atoms with Crippen LogP contribution in [-0.4, -0.2) is 45.9 Å². The summed E-state index contributed by atoms with van der Waals surface area (Å²) in [7, 11) is 0. The van der Waals surface area contributed by atoms with Gasteiger partial charge < -0.3 is 14.4 Å². The molecule has 2 aliphatic rings. The number of ether oxygens (including phenoxy) is 2. The van der Waals surface area contributed by atoms with E-state index in [-0.39, 0.29) is 17.9 Å². The van der Waals surface area contributed by atoms with Crippen molar-refractivity contribution in [1.29, 1.82) is 0 Å². The molecule has 5 rings (SSSR count). The summed E-state index contributed by atoms with van der Waals surface area (Å²) < 4.78 is 41.3. The molecule has 1 aromatic heterocycles. The number of carbonyl (C=O) groups excluding carboxylic acids is 2. The van der Waals surface area contributed by atoms with Crippen LogP contribution in [0.25, 0.3) is 0 Å². The number of benzene rings is 2. The van der Waals surface area contributed by atoms with Gasteiger partial charge in [-0.1, -0.05) is 49.4 Å². The van der Waals surface area contributed by atoms with E-state index >= 15 is 4.39 Å². The van der Waals surface area contributed by atoms with Crippen molar-refractivity contribution in [3.05, 3.63) is 93.4 Å². The molecule has 37 heavy (non-hydrogen) atoms. The van der Waals surface area contributed by atoms with Crippen LogP contribution in [0.15, 0.2) is 59.5 Å². The molecule has 3 atom stereocenters.